The zero-order valence-corrected chi connectivity index (χ0v) is 11.7. The molecule has 1 aromatic heterocycles. The number of anilines is 1. The topological polar surface area (TPSA) is 61.0 Å². The minimum Gasteiger partial charge on any atom is -0.347 e. The summed E-state index contributed by atoms with van der Waals surface area (Å²) >= 11 is 0. The molecule has 0 radical (unpaired) electrons. The van der Waals surface area contributed by atoms with Crippen LogP contribution in [0.3, 0.4) is 0 Å². The van der Waals surface area contributed by atoms with E-state index in [1.807, 2.05) is 38.2 Å². The lowest BCUT2D eigenvalue weighted by Crippen LogP contribution is -2.48. The van der Waals surface area contributed by atoms with Gasteiger partial charge in [-0.15, -0.1) is 0 Å². The van der Waals surface area contributed by atoms with E-state index in [1.165, 1.54) is 5.56 Å². The van der Waals surface area contributed by atoms with Crippen LogP contribution in [-0.2, 0) is 17.8 Å². The number of carbonyl (C=O) groups excluding carboxylic acids is 1. The molecule has 0 saturated heterocycles. The third-order valence-corrected chi connectivity index (χ3v) is 3.78. The molecule has 2 heterocycles. The van der Waals surface area contributed by atoms with Gasteiger partial charge in [-0.25, -0.2) is 4.98 Å². The summed E-state index contributed by atoms with van der Waals surface area (Å²) in [6.07, 6.45) is 2.32. The highest BCUT2D eigenvalue weighted by Crippen LogP contribution is 2.18. The summed E-state index contributed by atoms with van der Waals surface area (Å²) in [4.78, 5) is 21.6. The molecule has 104 valence electrons. The van der Waals surface area contributed by atoms with Crippen LogP contribution in [0.4, 0.5) is 5.69 Å². The van der Waals surface area contributed by atoms with Gasteiger partial charge in [0, 0.05) is 25.7 Å². The first-order valence-corrected chi connectivity index (χ1v) is 6.74. The largest absolute Gasteiger partial charge is 0.347 e. The molecule has 20 heavy (non-hydrogen) atoms. The molecule has 0 spiro atoms. The van der Waals surface area contributed by atoms with Gasteiger partial charge < -0.3 is 9.88 Å². The minimum absolute atomic E-state index is 0.0718. The summed E-state index contributed by atoms with van der Waals surface area (Å²) in [5, 5.41) is 3.26. The van der Waals surface area contributed by atoms with Crippen molar-refractivity contribution < 1.29 is 4.79 Å². The number of nitrogens with one attached hydrogen (secondary N) is 2. The van der Waals surface area contributed by atoms with Gasteiger partial charge in [0.1, 0.15) is 0 Å². The van der Waals surface area contributed by atoms with Crippen molar-refractivity contribution in [3.63, 3.8) is 0 Å². The number of hydrogen-bond donors (Lipinski definition) is 2. The molecule has 1 aromatic carbocycles. The van der Waals surface area contributed by atoms with Crippen molar-refractivity contribution in [1.29, 1.82) is 0 Å². The molecule has 1 aliphatic heterocycles. The molecule has 5 nitrogen and oxygen atoms in total. The Balaban J connectivity index is 1.74. The van der Waals surface area contributed by atoms with Gasteiger partial charge in [0.25, 0.3) is 0 Å². The first-order valence-electron chi connectivity index (χ1n) is 6.74. The summed E-state index contributed by atoms with van der Waals surface area (Å²) in [6.45, 7) is 2.70. The fourth-order valence-corrected chi connectivity index (χ4v) is 2.47. The molecule has 3 rings (SSSR count). The average Bonchev–Trinajstić information content (AvgIpc) is 2.94. The fourth-order valence-electron chi connectivity index (χ4n) is 2.47. The Hall–Kier alpha value is -2.14. The molecule has 0 bridgehead atoms. The van der Waals surface area contributed by atoms with E-state index in [0.29, 0.717) is 13.0 Å². The van der Waals surface area contributed by atoms with Crippen LogP contribution in [0.5, 0.6) is 0 Å². The Morgan fingerprint density at radius 3 is 2.85 bits per heavy atom. The number of aromatic nitrogens is 2. The average molecular weight is 270 g/mol. The van der Waals surface area contributed by atoms with E-state index < -0.39 is 0 Å². The smallest absolute Gasteiger partial charge is 0.244 e. The van der Waals surface area contributed by atoms with Crippen molar-refractivity contribution >= 4 is 11.6 Å². The summed E-state index contributed by atoms with van der Waals surface area (Å²) in [5.74, 6) is 0.0718. The van der Waals surface area contributed by atoms with E-state index in [2.05, 4.69) is 15.3 Å². The Labute approximate surface area is 118 Å². The lowest BCUT2D eigenvalue weighted by atomic mass is 10.0. The van der Waals surface area contributed by atoms with Crippen molar-refractivity contribution in [1.82, 2.24) is 15.3 Å². The predicted molar refractivity (Wildman–Crippen MR) is 77.5 cm³/mol. The van der Waals surface area contributed by atoms with E-state index in [9.17, 15) is 4.79 Å². The monoisotopic (exact) mass is 270 g/mol. The number of aromatic amines is 1. The molecule has 2 N–H and O–H groups in total. The van der Waals surface area contributed by atoms with Crippen LogP contribution >= 0.6 is 0 Å². The number of fused-ring (bicyclic) bond motifs is 1. The number of benzene rings is 1. The Morgan fingerprint density at radius 2 is 2.10 bits per heavy atom. The molecule has 2 aromatic rings. The lowest BCUT2D eigenvalue weighted by Gasteiger charge is -2.27. The number of rotatable bonds is 2. The van der Waals surface area contributed by atoms with Crippen molar-refractivity contribution in [2.45, 2.75) is 25.9 Å². The molecule has 0 aliphatic carbocycles. The maximum atomic E-state index is 12.5. The summed E-state index contributed by atoms with van der Waals surface area (Å²) in [7, 11) is 1.81. The second-order valence-corrected chi connectivity index (χ2v) is 5.20. The first kappa shape index (κ1) is 12.9. The Morgan fingerprint density at radius 1 is 1.35 bits per heavy atom. The number of hydrogen-bond acceptors (Lipinski definition) is 3. The van der Waals surface area contributed by atoms with E-state index >= 15 is 0 Å². The van der Waals surface area contributed by atoms with E-state index in [1.54, 1.807) is 11.2 Å². The Kier molecular flexibility index (Phi) is 3.28. The minimum atomic E-state index is -0.211. The number of nitrogens with zero attached hydrogens (tertiary/aromatic N) is 2. The highest BCUT2D eigenvalue weighted by atomic mass is 16.2. The molecular formula is C15H18N4O. The highest BCUT2D eigenvalue weighted by molar-refractivity contribution is 5.97. The molecule has 0 saturated carbocycles. The number of imidazole rings is 1. The van der Waals surface area contributed by atoms with Gasteiger partial charge in [-0.1, -0.05) is 17.7 Å². The molecule has 1 atom stereocenters. The van der Waals surface area contributed by atoms with Crippen molar-refractivity contribution in [2.24, 2.45) is 0 Å². The molecular weight excluding hydrogens is 252 g/mol. The van der Waals surface area contributed by atoms with E-state index in [4.69, 9.17) is 0 Å². The zero-order valence-electron chi connectivity index (χ0n) is 11.7. The third-order valence-electron chi connectivity index (χ3n) is 3.78. The Bertz CT molecular complexity index is 617. The van der Waals surface area contributed by atoms with Gasteiger partial charge in [0.2, 0.25) is 5.91 Å². The zero-order chi connectivity index (χ0) is 14.1. The second kappa shape index (κ2) is 5.09. The third kappa shape index (κ3) is 2.32. The lowest BCUT2D eigenvalue weighted by molar-refractivity contribution is -0.120. The molecule has 5 heteroatoms. The van der Waals surface area contributed by atoms with Gasteiger partial charge in [-0.3, -0.25) is 10.1 Å². The number of likely N-dealkylation sites (N-methyl/N-ethyl adjacent to an activating group) is 1. The first-order chi connectivity index (χ1) is 9.65. The van der Waals surface area contributed by atoms with Gasteiger partial charge in [0.05, 0.1) is 23.8 Å². The van der Waals surface area contributed by atoms with Gasteiger partial charge in [-0.2, -0.15) is 0 Å². The van der Waals surface area contributed by atoms with Gasteiger partial charge in [-0.05, 0) is 19.1 Å². The molecule has 1 amide bonds. The standard InChI is InChI=1S/C15H18N4O/c1-10-3-5-11(6-4-10)19(2)15(20)13-7-12-14(8-16-13)18-9-17-12/h3-6,9,13,16H,7-8H2,1-2H3,(H,17,18). The van der Waals surface area contributed by atoms with Crippen LogP contribution in [-0.4, -0.2) is 29.0 Å². The quantitative estimate of drug-likeness (QED) is 0.867. The van der Waals surface area contributed by atoms with Crippen LogP contribution in [0.2, 0.25) is 0 Å². The predicted octanol–water partition coefficient (Wildman–Crippen LogP) is 1.40. The number of amides is 1. The second-order valence-electron chi connectivity index (χ2n) is 5.20. The summed E-state index contributed by atoms with van der Waals surface area (Å²) < 4.78 is 0. The van der Waals surface area contributed by atoms with Crippen molar-refractivity contribution in [3.8, 4) is 0 Å². The fraction of sp³-hybridized carbons (Fsp3) is 0.333. The van der Waals surface area contributed by atoms with Crippen molar-refractivity contribution in [2.75, 3.05) is 11.9 Å². The summed E-state index contributed by atoms with van der Waals surface area (Å²) in [6, 6.07) is 7.75. The number of aryl methyl sites for hydroxylation is 1. The number of H-pyrrole nitrogens is 1. The van der Waals surface area contributed by atoms with E-state index in [0.717, 1.165) is 17.1 Å². The highest BCUT2D eigenvalue weighted by Gasteiger charge is 2.28. The van der Waals surface area contributed by atoms with Crippen molar-refractivity contribution in [3.05, 3.63) is 47.5 Å². The number of carbonyl (C=O) groups is 1. The van der Waals surface area contributed by atoms with Crippen LogP contribution < -0.4 is 10.2 Å². The van der Waals surface area contributed by atoms with Crippen LogP contribution in [0, 0.1) is 6.92 Å². The van der Waals surface area contributed by atoms with Gasteiger partial charge in [0.15, 0.2) is 0 Å². The SMILES string of the molecule is Cc1ccc(N(C)C(=O)C2Cc3nc[nH]c3CN2)cc1. The molecule has 1 unspecified atom stereocenters. The van der Waals surface area contributed by atoms with Crippen LogP contribution in [0.15, 0.2) is 30.6 Å². The summed E-state index contributed by atoms with van der Waals surface area (Å²) in [5.41, 5.74) is 4.16. The molecule has 1 aliphatic rings. The molecule has 0 fully saturated rings. The maximum Gasteiger partial charge on any atom is 0.244 e. The van der Waals surface area contributed by atoms with Crippen LogP contribution in [0.25, 0.3) is 0 Å². The van der Waals surface area contributed by atoms with Crippen LogP contribution in [0.1, 0.15) is 17.0 Å². The maximum absolute atomic E-state index is 12.5. The van der Waals surface area contributed by atoms with E-state index in [-0.39, 0.29) is 11.9 Å². The normalized spacial score (nSPS) is 17.6. The van der Waals surface area contributed by atoms with Gasteiger partial charge >= 0.3 is 0 Å².